The van der Waals surface area contributed by atoms with E-state index >= 15 is 0 Å². The zero-order chi connectivity index (χ0) is 15.0. The molecule has 1 aromatic rings. The highest BCUT2D eigenvalue weighted by Crippen LogP contribution is 2.37. The van der Waals surface area contributed by atoms with Gasteiger partial charge in [0.25, 0.3) is 0 Å². The maximum Gasteiger partial charge on any atom is 0.244 e. The lowest BCUT2D eigenvalue weighted by Gasteiger charge is -2.44. The van der Waals surface area contributed by atoms with Crippen LogP contribution in [0.4, 0.5) is 0 Å². The third-order valence-electron chi connectivity index (χ3n) is 4.62. The molecule has 2 aliphatic rings. The molecule has 1 heterocycles. The third-order valence-corrected chi connectivity index (χ3v) is 6.51. The second-order valence-electron chi connectivity index (χ2n) is 5.87. The van der Waals surface area contributed by atoms with Crippen LogP contribution in [0.5, 0.6) is 0 Å². The zero-order valence-electron chi connectivity index (χ0n) is 11.6. The Balaban J connectivity index is 1.95. The molecule has 0 amide bonds. The van der Waals surface area contributed by atoms with Crippen molar-refractivity contribution in [1.82, 2.24) is 4.31 Å². The molecule has 3 rings (SSSR count). The first-order valence-electron chi connectivity index (χ1n) is 7.21. The fourth-order valence-corrected chi connectivity index (χ4v) is 5.18. The summed E-state index contributed by atoms with van der Waals surface area (Å²) >= 11 is 0. The number of benzene rings is 1. The molecule has 2 fully saturated rings. The summed E-state index contributed by atoms with van der Waals surface area (Å²) in [4.78, 5) is 0.0713. The molecule has 2 atom stereocenters. The Morgan fingerprint density at radius 2 is 1.81 bits per heavy atom. The number of hydrogen-bond acceptors (Lipinski definition) is 4. The van der Waals surface area contributed by atoms with E-state index in [1.54, 1.807) is 12.1 Å². The lowest BCUT2D eigenvalue weighted by Crippen LogP contribution is -2.53. The van der Waals surface area contributed by atoms with Gasteiger partial charge in [-0.15, -0.1) is 0 Å². The van der Waals surface area contributed by atoms with Crippen LogP contribution in [-0.4, -0.2) is 37.0 Å². The molecule has 0 unspecified atom stereocenters. The van der Waals surface area contributed by atoms with E-state index in [1.807, 2.05) is 6.07 Å². The summed E-state index contributed by atoms with van der Waals surface area (Å²) in [6, 6.07) is 8.24. The summed E-state index contributed by atoms with van der Waals surface area (Å²) < 4.78 is 27.0. The van der Waals surface area contributed by atoms with E-state index in [1.165, 1.54) is 16.4 Å². The van der Waals surface area contributed by atoms with Crippen LogP contribution in [0.1, 0.15) is 24.8 Å². The molecule has 21 heavy (non-hydrogen) atoms. The molecule has 1 aliphatic carbocycles. The second-order valence-corrected chi connectivity index (χ2v) is 7.78. The minimum atomic E-state index is -3.67. The van der Waals surface area contributed by atoms with Crippen molar-refractivity contribution in [2.24, 2.45) is 11.8 Å². The van der Waals surface area contributed by atoms with Gasteiger partial charge in [-0.1, -0.05) is 18.6 Å². The predicted molar refractivity (Wildman–Crippen MR) is 76.8 cm³/mol. The van der Waals surface area contributed by atoms with Crippen LogP contribution in [-0.2, 0) is 10.0 Å². The summed E-state index contributed by atoms with van der Waals surface area (Å²) in [5.41, 5.74) is 0.175. The molecule has 1 aromatic carbocycles. The van der Waals surface area contributed by atoms with Gasteiger partial charge in [0.1, 0.15) is 6.07 Å². The Morgan fingerprint density at radius 1 is 1.19 bits per heavy atom. The average Bonchev–Trinajstić information content (AvgIpc) is 2.46. The minimum absolute atomic E-state index is 0.0153. The van der Waals surface area contributed by atoms with Crippen molar-refractivity contribution in [3.05, 3.63) is 29.8 Å². The first-order chi connectivity index (χ1) is 10.0. The van der Waals surface area contributed by atoms with Gasteiger partial charge in [0.05, 0.1) is 16.6 Å². The van der Waals surface area contributed by atoms with Crippen molar-refractivity contribution in [2.45, 2.75) is 30.3 Å². The Kier molecular flexibility index (Phi) is 3.74. The molecular formula is C15H18N2O3S. The van der Waals surface area contributed by atoms with Crippen molar-refractivity contribution in [3.8, 4) is 6.07 Å². The molecule has 0 aromatic heterocycles. The Morgan fingerprint density at radius 3 is 2.43 bits per heavy atom. The van der Waals surface area contributed by atoms with E-state index in [-0.39, 0.29) is 22.3 Å². The number of sulfonamides is 1. The van der Waals surface area contributed by atoms with Crippen LogP contribution < -0.4 is 0 Å². The normalized spacial score (nSPS) is 29.8. The van der Waals surface area contributed by atoms with Crippen LogP contribution in [0.3, 0.4) is 0 Å². The van der Waals surface area contributed by atoms with Crippen molar-refractivity contribution < 1.29 is 13.5 Å². The SMILES string of the molecule is N#Cc1ccccc1S(=O)(=O)N1C[C@@H]2CCC[C@@H](C1)C2O. The lowest BCUT2D eigenvalue weighted by atomic mass is 9.76. The summed E-state index contributed by atoms with van der Waals surface area (Å²) in [7, 11) is -3.67. The van der Waals surface area contributed by atoms with Crippen molar-refractivity contribution in [1.29, 1.82) is 5.26 Å². The monoisotopic (exact) mass is 306 g/mol. The van der Waals surface area contributed by atoms with E-state index in [2.05, 4.69) is 0 Å². The number of hydrogen-bond donors (Lipinski definition) is 1. The fourth-order valence-electron chi connectivity index (χ4n) is 3.48. The van der Waals surface area contributed by atoms with E-state index < -0.39 is 16.1 Å². The summed E-state index contributed by atoms with van der Waals surface area (Å²) in [5.74, 6) is 0.0306. The third kappa shape index (κ3) is 2.46. The van der Waals surface area contributed by atoms with Gasteiger partial charge in [-0.2, -0.15) is 9.57 Å². The Labute approximate surface area is 124 Å². The topological polar surface area (TPSA) is 81.4 Å². The number of piperidine rings is 1. The molecule has 1 saturated heterocycles. The highest BCUT2D eigenvalue weighted by atomic mass is 32.2. The maximum absolute atomic E-state index is 12.8. The van der Waals surface area contributed by atoms with Crippen molar-refractivity contribution in [3.63, 3.8) is 0 Å². The van der Waals surface area contributed by atoms with Gasteiger partial charge < -0.3 is 5.11 Å². The summed E-state index contributed by atoms with van der Waals surface area (Å²) in [6.45, 7) is 0.694. The van der Waals surface area contributed by atoms with Gasteiger partial charge in [-0.25, -0.2) is 8.42 Å². The van der Waals surface area contributed by atoms with E-state index in [0.717, 1.165) is 19.3 Å². The number of nitrogens with zero attached hydrogens (tertiary/aromatic N) is 2. The second kappa shape index (κ2) is 5.41. The largest absolute Gasteiger partial charge is 0.392 e. The Hall–Kier alpha value is -1.42. The van der Waals surface area contributed by atoms with Crippen molar-refractivity contribution in [2.75, 3.05) is 13.1 Å². The first kappa shape index (κ1) is 14.5. The van der Waals surface area contributed by atoms with Gasteiger partial charge in [0, 0.05) is 13.1 Å². The molecule has 1 N–H and O–H groups in total. The molecule has 2 bridgehead atoms. The Bertz CT molecular complexity index is 666. The molecule has 5 nitrogen and oxygen atoms in total. The molecule has 1 saturated carbocycles. The zero-order valence-corrected chi connectivity index (χ0v) is 12.5. The molecule has 0 radical (unpaired) electrons. The highest BCUT2D eigenvalue weighted by Gasteiger charge is 2.42. The molecule has 112 valence electrons. The molecular weight excluding hydrogens is 288 g/mol. The number of rotatable bonds is 2. The number of nitriles is 1. The quantitative estimate of drug-likeness (QED) is 0.894. The van der Waals surface area contributed by atoms with Crippen molar-refractivity contribution >= 4 is 10.0 Å². The smallest absolute Gasteiger partial charge is 0.244 e. The van der Waals surface area contributed by atoms with Gasteiger partial charge in [0.2, 0.25) is 10.0 Å². The summed E-state index contributed by atoms with van der Waals surface area (Å²) in [5, 5.41) is 19.3. The van der Waals surface area contributed by atoms with Crippen LogP contribution in [0.2, 0.25) is 0 Å². The van der Waals surface area contributed by atoms with Crippen LogP contribution in [0.25, 0.3) is 0 Å². The van der Waals surface area contributed by atoms with Crippen LogP contribution in [0.15, 0.2) is 29.2 Å². The number of fused-ring (bicyclic) bond motifs is 2. The van der Waals surface area contributed by atoms with Gasteiger partial charge in [-0.05, 0) is 36.8 Å². The minimum Gasteiger partial charge on any atom is -0.392 e. The van der Waals surface area contributed by atoms with E-state index in [0.29, 0.717) is 13.1 Å². The molecule has 0 spiro atoms. The van der Waals surface area contributed by atoms with Gasteiger partial charge in [0.15, 0.2) is 0 Å². The number of aliphatic hydroxyl groups excluding tert-OH is 1. The van der Waals surface area contributed by atoms with E-state index in [4.69, 9.17) is 5.26 Å². The lowest BCUT2D eigenvalue weighted by molar-refractivity contribution is -0.0269. The average molecular weight is 306 g/mol. The number of aliphatic hydroxyl groups is 1. The first-order valence-corrected chi connectivity index (χ1v) is 8.65. The van der Waals surface area contributed by atoms with Gasteiger partial charge >= 0.3 is 0 Å². The highest BCUT2D eigenvalue weighted by molar-refractivity contribution is 7.89. The predicted octanol–water partition coefficient (Wildman–Crippen LogP) is 1.34. The van der Waals surface area contributed by atoms with E-state index in [9.17, 15) is 13.5 Å². The van der Waals surface area contributed by atoms with Gasteiger partial charge in [-0.3, -0.25) is 0 Å². The fraction of sp³-hybridized carbons (Fsp3) is 0.533. The van der Waals surface area contributed by atoms with Crippen LogP contribution in [0, 0.1) is 23.2 Å². The van der Waals surface area contributed by atoms with Crippen LogP contribution >= 0.6 is 0 Å². The standard InChI is InChI=1S/C15H18N2O3S/c16-8-11-4-1-2-7-14(11)21(19,20)17-9-12-5-3-6-13(10-17)15(12)18/h1-2,4,7,12-13,15,18H,3,5-6,9-10H2/t12-,13-/m0/s1. The molecule has 1 aliphatic heterocycles. The maximum atomic E-state index is 12.8. The summed E-state index contributed by atoms with van der Waals surface area (Å²) in [6.07, 6.45) is 2.39. The molecule has 6 heteroatoms.